The number of aryl methyl sites for hydroxylation is 1. The monoisotopic (exact) mass is 289 g/mol. The lowest BCUT2D eigenvalue weighted by Gasteiger charge is -2.35. The van der Waals surface area contributed by atoms with Crippen LogP contribution in [-0.4, -0.2) is 31.7 Å². The fourth-order valence-corrected chi connectivity index (χ4v) is 3.23. The number of anilines is 3. The molecular weight excluding hydrogens is 266 g/mol. The Bertz CT molecular complexity index is 543. The summed E-state index contributed by atoms with van der Waals surface area (Å²) in [5, 5.41) is 2.90. The molecule has 5 nitrogen and oxygen atoms in total. The van der Waals surface area contributed by atoms with E-state index in [1.165, 1.54) is 5.56 Å². The van der Waals surface area contributed by atoms with Crippen molar-refractivity contribution in [2.24, 2.45) is 0 Å². The summed E-state index contributed by atoms with van der Waals surface area (Å²) in [4.78, 5) is 13.8. The zero-order valence-electron chi connectivity index (χ0n) is 12.5. The number of hydrogen-bond donors (Lipinski definition) is 2. The van der Waals surface area contributed by atoms with E-state index in [0.717, 1.165) is 56.0 Å². The van der Waals surface area contributed by atoms with Crippen LogP contribution in [0.4, 0.5) is 17.1 Å². The Kier molecular flexibility index (Phi) is 4.01. The molecule has 2 heterocycles. The van der Waals surface area contributed by atoms with Crippen LogP contribution in [0.15, 0.2) is 12.1 Å². The summed E-state index contributed by atoms with van der Waals surface area (Å²) in [6.07, 6.45) is 3.87. The van der Waals surface area contributed by atoms with E-state index >= 15 is 0 Å². The quantitative estimate of drug-likeness (QED) is 0.837. The molecule has 0 aromatic heterocycles. The first-order chi connectivity index (χ1) is 10.2. The van der Waals surface area contributed by atoms with Gasteiger partial charge in [-0.05, 0) is 43.9 Å². The minimum atomic E-state index is 0.0732. The van der Waals surface area contributed by atoms with Crippen molar-refractivity contribution in [2.75, 3.05) is 35.6 Å². The van der Waals surface area contributed by atoms with E-state index < -0.39 is 0 Å². The van der Waals surface area contributed by atoms with Crippen LogP contribution in [0.2, 0.25) is 0 Å². The molecule has 1 unspecified atom stereocenters. The van der Waals surface area contributed by atoms with Gasteiger partial charge in [0.2, 0.25) is 5.91 Å². The van der Waals surface area contributed by atoms with Gasteiger partial charge in [-0.25, -0.2) is 0 Å². The van der Waals surface area contributed by atoms with Gasteiger partial charge in [0.25, 0.3) is 0 Å². The van der Waals surface area contributed by atoms with Gasteiger partial charge in [-0.3, -0.25) is 4.79 Å². The molecule has 1 fully saturated rings. The molecule has 1 aromatic carbocycles. The van der Waals surface area contributed by atoms with Gasteiger partial charge >= 0.3 is 0 Å². The molecule has 114 valence electrons. The number of nitrogens with two attached hydrogens (primary N) is 1. The summed E-state index contributed by atoms with van der Waals surface area (Å²) in [5.74, 6) is 0.0732. The van der Waals surface area contributed by atoms with Gasteiger partial charge in [-0.15, -0.1) is 0 Å². The number of carbonyl (C=O) groups is 1. The Morgan fingerprint density at radius 3 is 3.10 bits per heavy atom. The maximum Gasteiger partial charge on any atom is 0.224 e. The molecule has 3 rings (SSSR count). The SMILES string of the molecule is CCOC1CCCN(c2cc3c(cc2N)NC(=O)CC3)C1. The molecular formula is C16H23N3O2. The molecule has 2 aliphatic heterocycles. The molecule has 1 atom stereocenters. The van der Waals surface area contributed by atoms with Gasteiger partial charge in [0.15, 0.2) is 0 Å². The highest BCUT2D eigenvalue weighted by atomic mass is 16.5. The van der Waals surface area contributed by atoms with Crippen LogP contribution in [0.1, 0.15) is 31.7 Å². The Morgan fingerprint density at radius 1 is 1.43 bits per heavy atom. The number of carbonyl (C=O) groups excluding carboxylic acids is 1. The van der Waals surface area contributed by atoms with E-state index in [4.69, 9.17) is 10.5 Å². The molecule has 0 saturated carbocycles. The van der Waals surface area contributed by atoms with E-state index in [2.05, 4.69) is 16.3 Å². The van der Waals surface area contributed by atoms with Crippen LogP contribution >= 0.6 is 0 Å². The molecule has 21 heavy (non-hydrogen) atoms. The number of rotatable bonds is 3. The molecule has 0 radical (unpaired) electrons. The minimum absolute atomic E-state index is 0.0732. The predicted octanol–water partition coefficient (Wildman–Crippen LogP) is 2.16. The Morgan fingerprint density at radius 2 is 2.29 bits per heavy atom. The molecule has 3 N–H and O–H groups in total. The molecule has 1 saturated heterocycles. The van der Waals surface area contributed by atoms with Crippen molar-refractivity contribution in [1.82, 2.24) is 0 Å². The second-order valence-corrected chi connectivity index (χ2v) is 5.78. The third-order valence-electron chi connectivity index (χ3n) is 4.27. The Balaban J connectivity index is 1.83. The molecule has 5 heteroatoms. The number of amides is 1. The third-order valence-corrected chi connectivity index (χ3v) is 4.27. The van der Waals surface area contributed by atoms with Crippen molar-refractivity contribution in [2.45, 2.75) is 38.7 Å². The summed E-state index contributed by atoms with van der Waals surface area (Å²) in [7, 11) is 0. The normalized spacial score (nSPS) is 21.9. The van der Waals surface area contributed by atoms with E-state index in [0.29, 0.717) is 12.5 Å². The van der Waals surface area contributed by atoms with E-state index in [-0.39, 0.29) is 5.91 Å². The van der Waals surface area contributed by atoms with Gasteiger partial charge < -0.3 is 20.7 Å². The van der Waals surface area contributed by atoms with E-state index in [1.807, 2.05) is 13.0 Å². The summed E-state index contributed by atoms with van der Waals surface area (Å²) in [6, 6.07) is 4.03. The van der Waals surface area contributed by atoms with Gasteiger partial charge in [0.1, 0.15) is 0 Å². The summed E-state index contributed by atoms with van der Waals surface area (Å²) >= 11 is 0. The van der Waals surface area contributed by atoms with Gasteiger partial charge in [-0.2, -0.15) is 0 Å². The lowest BCUT2D eigenvalue weighted by atomic mass is 9.99. The molecule has 0 spiro atoms. The number of nitrogens with one attached hydrogen (secondary N) is 1. The second-order valence-electron chi connectivity index (χ2n) is 5.78. The Hall–Kier alpha value is -1.75. The van der Waals surface area contributed by atoms with Crippen LogP contribution < -0.4 is 16.0 Å². The van der Waals surface area contributed by atoms with Gasteiger partial charge in [-0.1, -0.05) is 0 Å². The average molecular weight is 289 g/mol. The molecule has 0 bridgehead atoms. The largest absolute Gasteiger partial charge is 0.397 e. The van der Waals surface area contributed by atoms with Gasteiger partial charge in [0, 0.05) is 31.8 Å². The zero-order valence-corrected chi connectivity index (χ0v) is 12.5. The lowest BCUT2D eigenvalue weighted by molar-refractivity contribution is -0.116. The van der Waals surface area contributed by atoms with E-state index in [1.54, 1.807) is 0 Å². The number of ether oxygens (including phenoxy) is 1. The number of nitrogen functional groups attached to an aromatic ring is 1. The predicted molar refractivity (Wildman–Crippen MR) is 84.7 cm³/mol. The number of nitrogens with zero attached hydrogens (tertiary/aromatic N) is 1. The average Bonchev–Trinajstić information content (AvgIpc) is 2.47. The fraction of sp³-hybridized carbons (Fsp3) is 0.562. The number of piperidine rings is 1. The van der Waals surface area contributed by atoms with Crippen molar-refractivity contribution < 1.29 is 9.53 Å². The maximum absolute atomic E-state index is 11.5. The highest BCUT2D eigenvalue weighted by Crippen LogP contribution is 2.34. The first-order valence-corrected chi connectivity index (χ1v) is 7.76. The molecule has 1 aromatic rings. The maximum atomic E-state index is 11.5. The van der Waals surface area contributed by atoms with Crippen LogP contribution in [-0.2, 0) is 16.0 Å². The number of hydrogen-bond acceptors (Lipinski definition) is 4. The summed E-state index contributed by atoms with van der Waals surface area (Å²) in [5.41, 5.74) is 10.1. The van der Waals surface area contributed by atoms with Crippen LogP contribution in [0.5, 0.6) is 0 Å². The van der Waals surface area contributed by atoms with Crippen LogP contribution in [0, 0.1) is 0 Å². The first-order valence-electron chi connectivity index (χ1n) is 7.76. The Labute approximate surface area is 125 Å². The van der Waals surface area contributed by atoms with Crippen molar-refractivity contribution in [3.05, 3.63) is 17.7 Å². The number of benzene rings is 1. The summed E-state index contributed by atoms with van der Waals surface area (Å²) < 4.78 is 5.76. The van der Waals surface area contributed by atoms with Crippen LogP contribution in [0.3, 0.4) is 0 Å². The highest BCUT2D eigenvalue weighted by molar-refractivity contribution is 5.95. The molecule has 1 amide bonds. The van der Waals surface area contributed by atoms with Gasteiger partial charge in [0.05, 0.1) is 17.5 Å². The molecule has 2 aliphatic rings. The van der Waals surface area contributed by atoms with Crippen molar-refractivity contribution in [3.63, 3.8) is 0 Å². The van der Waals surface area contributed by atoms with Crippen molar-refractivity contribution >= 4 is 23.0 Å². The smallest absolute Gasteiger partial charge is 0.224 e. The third kappa shape index (κ3) is 2.97. The zero-order chi connectivity index (χ0) is 14.8. The fourth-order valence-electron chi connectivity index (χ4n) is 3.23. The van der Waals surface area contributed by atoms with Crippen molar-refractivity contribution in [3.8, 4) is 0 Å². The van der Waals surface area contributed by atoms with E-state index in [9.17, 15) is 4.79 Å². The number of fused-ring (bicyclic) bond motifs is 1. The lowest BCUT2D eigenvalue weighted by Crippen LogP contribution is -2.40. The standard InChI is InChI=1S/C16H23N3O2/c1-2-21-12-4-3-7-19(10-12)15-8-11-5-6-16(20)18-14(11)9-13(15)17/h8-9,12H,2-7,10,17H2,1H3,(H,18,20). The molecule has 0 aliphatic carbocycles. The summed E-state index contributed by atoms with van der Waals surface area (Å²) in [6.45, 7) is 4.70. The second kappa shape index (κ2) is 5.93. The first kappa shape index (κ1) is 14.2. The topological polar surface area (TPSA) is 67.6 Å². The van der Waals surface area contributed by atoms with Crippen LogP contribution in [0.25, 0.3) is 0 Å². The highest BCUT2D eigenvalue weighted by Gasteiger charge is 2.24. The van der Waals surface area contributed by atoms with Crippen molar-refractivity contribution in [1.29, 1.82) is 0 Å². The minimum Gasteiger partial charge on any atom is -0.397 e.